The van der Waals surface area contributed by atoms with Crippen molar-refractivity contribution in [3.05, 3.63) is 64.7 Å². The summed E-state index contributed by atoms with van der Waals surface area (Å²) in [5.41, 5.74) is 2.21. The molecule has 0 saturated heterocycles. The van der Waals surface area contributed by atoms with Crippen LogP contribution < -0.4 is 10.0 Å². The summed E-state index contributed by atoms with van der Waals surface area (Å²) in [4.78, 5) is 21.0. The van der Waals surface area contributed by atoms with Crippen molar-refractivity contribution in [3.8, 4) is 11.3 Å². The molecule has 0 aliphatic heterocycles. The van der Waals surface area contributed by atoms with E-state index in [2.05, 4.69) is 20.0 Å². The number of nitrogens with one attached hydrogen (secondary N) is 2. The first-order valence-electron chi connectivity index (χ1n) is 8.77. The summed E-state index contributed by atoms with van der Waals surface area (Å²) in [6.45, 7) is 0.303. The van der Waals surface area contributed by atoms with Crippen LogP contribution in [0.3, 0.4) is 0 Å². The summed E-state index contributed by atoms with van der Waals surface area (Å²) in [7, 11) is -3.51. The number of amides is 1. The Morgan fingerprint density at radius 1 is 1.11 bits per heavy atom. The third kappa shape index (κ3) is 4.44. The number of carbonyl (C=O) groups is 1. The highest BCUT2D eigenvalue weighted by atomic mass is 32.2. The van der Waals surface area contributed by atoms with E-state index in [0.29, 0.717) is 12.1 Å². The third-order valence-corrected chi connectivity index (χ3v) is 6.64. The Hall–Kier alpha value is -2.62. The molecule has 144 valence electrons. The van der Waals surface area contributed by atoms with Crippen molar-refractivity contribution in [1.29, 1.82) is 0 Å². The van der Waals surface area contributed by atoms with E-state index < -0.39 is 10.0 Å². The van der Waals surface area contributed by atoms with Crippen LogP contribution in [0.1, 0.15) is 28.2 Å². The van der Waals surface area contributed by atoms with Crippen LogP contribution in [-0.4, -0.2) is 30.3 Å². The quantitative estimate of drug-likeness (QED) is 0.619. The fourth-order valence-electron chi connectivity index (χ4n) is 2.58. The van der Waals surface area contributed by atoms with Gasteiger partial charge in [-0.25, -0.2) is 18.1 Å². The number of benzene rings is 1. The zero-order chi connectivity index (χ0) is 19.6. The SMILES string of the molecule is O=C(NCc1nc(-c2ccncc2)cs1)c1ccc(S(=O)(=O)NC2CC2)cc1. The number of aromatic nitrogens is 2. The molecule has 1 aliphatic rings. The lowest BCUT2D eigenvalue weighted by molar-refractivity contribution is 0.0950. The van der Waals surface area contributed by atoms with Crippen LogP contribution >= 0.6 is 11.3 Å². The molecule has 1 saturated carbocycles. The Bertz CT molecular complexity index is 1080. The van der Waals surface area contributed by atoms with Gasteiger partial charge in [-0.15, -0.1) is 11.3 Å². The van der Waals surface area contributed by atoms with Crippen molar-refractivity contribution < 1.29 is 13.2 Å². The average Bonchev–Trinajstić information content (AvgIpc) is 3.39. The lowest BCUT2D eigenvalue weighted by Crippen LogP contribution is -2.26. The Morgan fingerprint density at radius 2 is 1.82 bits per heavy atom. The number of hydrogen-bond donors (Lipinski definition) is 2. The van der Waals surface area contributed by atoms with Crippen molar-refractivity contribution >= 4 is 27.3 Å². The number of sulfonamides is 1. The van der Waals surface area contributed by atoms with Gasteiger partial charge in [0.1, 0.15) is 5.01 Å². The Balaban J connectivity index is 1.37. The summed E-state index contributed by atoms with van der Waals surface area (Å²) < 4.78 is 27.0. The van der Waals surface area contributed by atoms with E-state index in [1.807, 2.05) is 17.5 Å². The van der Waals surface area contributed by atoms with E-state index in [0.717, 1.165) is 29.1 Å². The predicted octanol–water partition coefficient (Wildman–Crippen LogP) is 2.58. The van der Waals surface area contributed by atoms with Crippen LogP contribution in [0.15, 0.2) is 59.1 Å². The molecule has 1 aliphatic carbocycles. The van der Waals surface area contributed by atoms with Gasteiger partial charge in [-0.05, 0) is 49.2 Å². The van der Waals surface area contributed by atoms with Crippen LogP contribution in [0.25, 0.3) is 11.3 Å². The van der Waals surface area contributed by atoms with Crippen molar-refractivity contribution in [2.45, 2.75) is 30.3 Å². The van der Waals surface area contributed by atoms with Crippen molar-refractivity contribution in [2.24, 2.45) is 0 Å². The Kier molecular flexibility index (Phi) is 5.21. The molecule has 0 unspecified atom stereocenters. The van der Waals surface area contributed by atoms with E-state index in [4.69, 9.17) is 0 Å². The van der Waals surface area contributed by atoms with E-state index >= 15 is 0 Å². The van der Waals surface area contributed by atoms with Gasteiger partial charge in [-0.1, -0.05) is 0 Å². The van der Waals surface area contributed by atoms with Gasteiger partial charge < -0.3 is 5.32 Å². The second-order valence-corrected chi connectivity index (χ2v) is 9.12. The zero-order valence-electron chi connectivity index (χ0n) is 14.8. The van der Waals surface area contributed by atoms with E-state index in [1.54, 1.807) is 12.4 Å². The molecule has 4 rings (SSSR count). The van der Waals surface area contributed by atoms with Crippen LogP contribution in [-0.2, 0) is 16.6 Å². The number of rotatable bonds is 7. The molecular formula is C19H18N4O3S2. The number of nitrogens with zero attached hydrogens (tertiary/aromatic N) is 2. The maximum Gasteiger partial charge on any atom is 0.251 e. The minimum atomic E-state index is -3.51. The normalized spacial score (nSPS) is 14.0. The minimum Gasteiger partial charge on any atom is -0.346 e. The van der Waals surface area contributed by atoms with Gasteiger partial charge >= 0.3 is 0 Å². The summed E-state index contributed by atoms with van der Waals surface area (Å²) in [5, 5.41) is 5.53. The average molecular weight is 415 g/mol. The minimum absolute atomic E-state index is 0.0447. The highest BCUT2D eigenvalue weighted by molar-refractivity contribution is 7.89. The summed E-state index contributed by atoms with van der Waals surface area (Å²) in [6, 6.07) is 9.73. The summed E-state index contributed by atoms with van der Waals surface area (Å²) in [5.74, 6) is -0.278. The smallest absolute Gasteiger partial charge is 0.251 e. The van der Waals surface area contributed by atoms with Gasteiger partial charge in [-0.3, -0.25) is 9.78 Å². The van der Waals surface area contributed by atoms with E-state index in [9.17, 15) is 13.2 Å². The number of hydrogen-bond acceptors (Lipinski definition) is 6. The molecule has 2 N–H and O–H groups in total. The first-order valence-corrected chi connectivity index (χ1v) is 11.1. The predicted molar refractivity (Wildman–Crippen MR) is 106 cm³/mol. The van der Waals surface area contributed by atoms with Gasteiger partial charge in [0.25, 0.3) is 5.91 Å². The van der Waals surface area contributed by atoms with Gasteiger partial charge in [-0.2, -0.15) is 0 Å². The van der Waals surface area contributed by atoms with Crippen LogP contribution in [0.2, 0.25) is 0 Å². The van der Waals surface area contributed by atoms with Crippen molar-refractivity contribution in [3.63, 3.8) is 0 Å². The maximum absolute atomic E-state index is 12.3. The monoisotopic (exact) mass is 414 g/mol. The molecule has 1 aromatic carbocycles. The lowest BCUT2D eigenvalue weighted by Gasteiger charge is -2.07. The topological polar surface area (TPSA) is 101 Å². The number of carbonyl (C=O) groups excluding carboxylic acids is 1. The molecule has 2 aromatic heterocycles. The fourth-order valence-corrected chi connectivity index (χ4v) is 4.63. The molecule has 0 spiro atoms. The fraction of sp³-hybridized carbons (Fsp3) is 0.211. The molecule has 0 atom stereocenters. The highest BCUT2D eigenvalue weighted by Crippen LogP contribution is 2.23. The van der Waals surface area contributed by atoms with Crippen LogP contribution in [0.5, 0.6) is 0 Å². The molecule has 28 heavy (non-hydrogen) atoms. The number of thiazole rings is 1. The van der Waals surface area contributed by atoms with Gasteiger partial charge in [0.15, 0.2) is 0 Å². The Labute approximate surface area is 166 Å². The highest BCUT2D eigenvalue weighted by Gasteiger charge is 2.27. The summed E-state index contributed by atoms with van der Waals surface area (Å²) in [6.07, 6.45) is 5.17. The molecular weight excluding hydrogens is 396 g/mol. The lowest BCUT2D eigenvalue weighted by atomic mass is 10.2. The summed E-state index contributed by atoms with van der Waals surface area (Å²) >= 11 is 1.47. The zero-order valence-corrected chi connectivity index (χ0v) is 16.5. The molecule has 7 nitrogen and oxygen atoms in total. The molecule has 3 aromatic rings. The second-order valence-electron chi connectivity index (χ2n) is 6.46. The first kappa shape index (κ1) is 18.7. The molecule has 9 heteroatoms. The largest absolute Gasteiger partial charge is 0.346 e. The third-order valence-electron chi connectivity index (χ3n) is 4.25. The maximum atomic E-state index is 12.3. The van der Waals surface area contributed by atoms with Crippen molar-refractivity contribution in [2.75, 3.05) is 0 Å². The standard InChI is InChI=1S/C19H18N4O3S2/c24-19(14-1-5-16(6-2-14)28(25,26)23-15-3-4-15)21-11-18-22-17(12-27-18)13-7-9-20-10-8-13/h1-2,5-10,12,15,23H,3-4,11H2,(H,21,24). The van der Waals surface area contributed by atoms with Crippen LogP contribution in [0, 0.1) is 0 Å². The molecule has 0 bridgehead atoms. The number of pyridine rings is 1. The second kappa shape index (κ2) is 7.78. The van der Waals surface area contributed by atoms with E-state index in [-0.39, 0.29) is 16.8 Å². The van der Waals surface area contributed by atoms with Gasteiger partial charge in [0, 0.05) is 34.9 Å². The van der Waals surface area contributed by atoms with Crippen molar-refractivity contribution in [1.82, 2.24) is 20.0 Å². The molecule has 1 fully saturated rings. The Morgan fingerprint density at radius 3 is 2.50 bits per heavy atom. The first-order chi connectivity index (χ1) is 13.5. The molecule has 2 heterocycles. The van der Waals surface area contributed by atoms with Crippen LogP contribution in [0.4, 0.5) is 0 Å². The van der Waals surface area contributed by atoms with E-state index in [1.165, 1.54) is 35.6 Å². The van der Waals surface area contributed by atoms with Gasteiger partial charge in [0.2, 0.25) is 10.0 Å². The van der Waals surface area contributed by atoms with Gasteiger partial charge in [0.05, 0.1) is 17.1 Å². The molecule has 1 amide bonds. The molecule has 0 radical (unpaired) electrons.